The van der Waals surface area contributed by atoms with E-state index in [0.29, 0.717) is 21.5 Å². The summed E-state index contributed by atoms with van der Waals surface area (Å²) in [4.78, 5) is 42.1. The van der Waals surface area contributed by atoms with Crippen LogP contribution in [-0.2, 0) is 11.3 Å². The summed E-state index contributed by atoms with van der Waals surface area (Å²) in [5.41, 5.74) is 4.98. The standard InChI is InChI=1S/C24H21N3O3S/c1-14-4-5-18(10-15(14)2)20-12-31-23-22(20)24(30)27(13-25-23)11-21(29)17-6-8-19(9-7-17)26-16(3)28/h4-10,12-13H,11H2,1-3H3,(H,26,28). The van der Waals surface area contributed by atoms with E-state index in [1.54, 1.807) is 24.3 Å². The highest BCUT2D eigenvalue weighted by Crippen LogP contribution is 2.31. The van der Waals surface area contributed by atoms with Gasteiger partial charge in [0.1, 0.15) is 4.83 Å². The molecule has 0 fully saturated rings. The van der Waals surface area contributed by atoms with E-state index in [2.05, 4.69) is 16.4 Å². The highest BCUT2D eigenvalue weighted by atomic mass is 32.1. The van der Waals surface area contributed by atoms with Crippen LogP contribution in [0.5, 0.6) is 0 Å². The lowest BCUT2D eigenvalue weighted by Crippen LogP contribution is -2.24. The summed E-state index contributed by atoms with van der Waals surface area (Å²) in [5, 5.41) is 5.13. The van der Waals surface area contributed by atoms with Gasteiger partial charge in [-0.05, 0) is 54.8 Å². The summed E-state index contributed by atoms with van der Waals surface area (Å²) in [7, 11) is 0. The van der Waals surface area contributed by atoms with Crippen molar-refractivity contribution in [3.8, 4) is 11.1 Å². The molecule has 0 atom stereocenters. The third kappa shape index (κ3) is 4.18. The van der Waals surface area contributed by atoms with Crippen LogP contribution in [0.3, 0.4) is 0 Å². The molecule has 156 valence electrons. The van der Waals surface area contributed by atoms with Gasteiger partial charge in [-0.25, -0.2) is 4.98 Å². The van der Waals surface area contributed by atoms with E-state index in [0.717, 1.165) is 16.7 Å². The van der Waals surface area contributed by atoms with Crippen LogP contribution in [0.4, 0.5) is 5.69 Å². The molecule has 2 heterocycles. The fourth-order valence-corrected chi connectivity index (χ4v) is 4.30. The van der Waals surface area contributed by atoms with Crippen LogP contribution in [-0.4, -0.2) is 21.2 Å². The first-order valence-electron chi connectivity index (χ1n) is 9.78. The summed E-state index contributed by atoms with van der Waals surface area (Å²) < 4.78 is 1.35. The van der Waals surface area contributed by atoms with E-state index in [9.17, 15) is 14.4 Å². The summed E-state index contributed by atoms with van der Waals surface area (Å²) in [6, 6.07) is 12.7. The molecule has 0 bridgehead atoms. The van der Waals surface area contributed by atoms with Gasteiger partial charge in [0.25, 0.3) is 5.56 Å². The number of fused-ring (bicyclic) bond motifs is 1. The fraction of sp³-hybridized carbons (Fsp3) is 0.167. The number of hydrogen-bond donors (Lipinski definition) is 1. The Kier molecular flexibility index (Phi) is 5.52. The van der Waals surface area contributed by atoms with Crippen molar-refractivity contribution in [1.29, 1.82) is 0 Å². The topological polar surface area (TPSA) is 81.1 Å². The zero-order valence-corrected chi connectivity index (χ0v) is 18.2. The maximum atomic E-state index is 13.2. The molecule has 0 radical (unpaired) electrons. The van der Waals surface area contributed by atoms with Crippen LogP contribution in [0.2, 0.25) is 0 Å². The van der Waals surface area contributed by atoms with Gasteiger partial charge in [-0.1, -0.05) is 18.2 Å². The Hall–Kier alpha value is -3.58. The molecule has 0 aliphatic carbocycles. The molecule has 1 amide bonds. The number of rotatable bonds is 5. The molecule has 0 aliphatic heterocycles. The minimum absolute atomic E-state index is 0.108. The third-order valence-electron chi connectivity index (χ3n) is 5.22. The first-order chi connectivity index (χ1) is 14.8. The molecule has 4 aromatic rings. The Morgan fingerprint density at radius 1 is 1.06 bits per heavy atom. The Labute approximate surface area is 183 Å². The number of aryl methyl sites for hydroxylation is 2. The zero-order valence-electron chi connectivity index (χ0n) is 17.4. The van der Waals surface area contributed by atoms with Gasteiger partial charge in [0, 0.05) is 29.1 Å². The predicted octanol–water partition coefficient (Wildman–Crippen LogP) is 4.58. The first-order valence-corrected chi connectivity index (χ1v) is 10.7. The predicted molar refractivity (Wildman–Crippen MR) is 124 cm³/mol. The van der Waals surface area contributed by atoms with Gasteiger partial charge in [-0.15, -0.1) is 11.3 Å². The number of nitrogens with zero attached hydrogens (tertiary/aromatic N) is 2. The number of carbonyl (C=O) groups is 2. The number of benzene rings is 2. The number of anilines is 1. The van der Waals surface area contributed by atoms with E-state index in [1.807, 2.05) is 31.4 Å². The molecule has 2 aromatic carbocycles. The summed E-state index contributed by atoms with van der Waals surface area (Å²) in [6.07, 6.45) is 1.43. The summed E-state index contributed by atoms with van der Waals surface area (Å²) in [5.74, 6) is -0.388. The lowest BCUT2D eigenvalue weighted by Gasteiger charge is -2.08. The molecule has 4 rings (SSSR count). The zero-order chi connectivity index (χ0) is 22.1. The largest absolute Gasteiger partial charge is 0.326 e. The van der Waals surface area contributed by atoms with Crippen molar-refractivity contribution in [2.75, 3.05) is 5.32 Å². The molecule has 6 nitrogen and oxygen atoms in total. The summed E-state index contributed by atoms with van der Waals surface area (Å²) in [6.45, 7) is 5.40. The lowest BCUT2D eigenvalue weighted by molar-refractivity contribution is -0.114. The number of hydrogen-bond acceptors (Lipinski definition) is 5. The highest BCUT2D eigenvalue weighted by Gasteiger charge is 2.16. The molecule has 0 spiro atoms. The van der Waals surface area contributed by atoms with Crippen LogP contribution in [0.15, 0.2) is 59.0 Å². The number of ketones is 1. The van der Waals surface area contributed by atoms with E-state index >= 15 is 0 Å². The van der Waals surface area contributed by atoms with Crippen molar-refractivity contribution in [2.24, 2.45) is 0 Å². The monoisotopic (exact) mass is 431 g/mol. The van der Waals surface area contributed by atoms with Crippen molar-refractivity contribution in [3.05, 3.63) is 81.2 Å². The normalized spacial score (nSPS) is 10.9. The van der Waals surface area contributed by atoms with Crippen LogP contribution < -0.4 is 10.9 Å². The molecule has 0 saturated heterocycles. The van der Waals surface area contributed by atoms with Crippen molar-refractivity contribution in [3.63, 3.8) is 0 Å². The number of nitrogens with one attached hydrogen (secondary N) is 1. The Morgan fingerprint density at radius 3 is 2.48 bits per heavy atom. The van der Waals surface area contributed by atoms with E-state index in [-0.39, 0.29) is 23.8 Å². The third-order valence-corrected chi connectivity index (χ3v) is 6.11. The van der Waals surface area contributed by atoms with Gasteiger partial charge in [0.15, 0.2) is 5.78 Å². The number of carbonyl (C=O) groups excluding carboxylic acids is 2. The van der Waals surface area contributed by atoms with Gasteiger partial charge in [-0.2, -0.15) is 0 Å². The minimum atomic E-state index is -0.234. The average molecular weight is 432 g/mol. The second-order valence-electron chi connectivity index (χ2n) is 7.49. The Morgan fingerprint density at radius 2 is 1.81 bits per heavy atom. The molecule has 0 aliphatic rings. The molecule has 0 unspecified atom stereocenters. The number of Topliss-reactive ketones (excluding diaryl/α,β-unsaturated/α-hetero) is 1. The first kappa shape index (κ1) is 20.7. The van der Waals surface area contributed by atoms with E-state index in [4.69, 9.17) is 0 Å². The molecule has 0 saturated carbocycles. The van der Waals surface area contributed by atoms with Gasteiger partial charge < -0.3 is 5.32 Å². The molecule has 2 aromatic heterocycles. The lowest BCUT2D eigenvalue weighted by atomic mass is 10.0. The van der Waals surface area contributed by atoms with Crippen LogP contribution in [0.25, 0.3) is 21.3 Å². The Balaban J connectivity index is 1.66. The van der Waals surface area contributed by atoms with Crippen LogP contribution in [0, 0.1) is 13.8 Å². The molecular weight excluding hydrogens is 410 g/mol. The van der Waals surface area contributed by atoms with Crippen LogP contribution in [0.1, 0.15) is 28.4 Å². The van der Waals surface area contributed by atoms with Gasteiger partial charge in [0.2, 0.25) is 5.91 Å². The quantitative estimate of drug-likeness (QED) is 0.469. The summed E-state index contributed by atoms with van der Waals surface area (Å²) >= 11 is 1.42. The van der Waals surface area contributed by atoms with Crippen molar-refractivity contribution < 1.29 is 9.59 Å². The van der Waals surface area contributed by atoms with Crippen molar-refractivity contribution >= 4 is 38.9 Å². The van der Waals surface area contributed by atoms with Crippen LogP contribution >= 0.6 is 11.3 Å². The molecule has 7 heteroatoms. The SMILES string of the molecule is CC(=O)Nc1ccc(C(=O)Cn2cnc3scc(-c4ccc(C)c(C)c4)c3c2=O)cc1. The molecule has 31 heavy (non-hydrogen) atoms. The highest BCUT2D eigenvalue weighted by molar-refractivity contribution is 7.17. The van der Waals surface area contributed by atoms with Gasteiger partial charge >= 0.3 is 0 Å². The number of thiophene rings is 1. The second kappa shape index (κ2) is 8.28. The smallest absolute Gasteiger partial charge is 0.263 e. The molecule has 1 N–H and O–H groups in total. The second-order valence-corrected chi connectivity index (χ2v) is 8.35. The number of amides is 1. The van der Waals surface area contributed by atoms with E-state index in [1.165, 1.54) is 34.7 Å². The minimum Gasteiger partial charge on any atom is -0.326 e. The average Bonchev–Trinajstić information content (AvgIpc) is 3.17. The van der Waals surface area contributed by atoms with Gasteiger partial charge in [-0.3, -0.25) is 19.0 Å². The molecular formula is C24H21N3O3S. The fourth-order valence-electron chi connectivity index (χ4n) is 3.39. The van der Waals surface area contributed by atoms with Crippen molar-refractivity contribution in [1.82, 2.24) is 9.55 Å². The Bertz CT molecular complexity index is 1370. The maximum Gasteiger partial charge on any atom is 0.263 e. The van der Waals surface area contributed by atoms with Gasteiger partial charge in [0.05, 0.1) is 18.3 Å². The van der Waals surface area contributed by atoms with E-state index < -0.39 is 0 Å². The maximum absolute atomic E-state index is 13.2. The number of aromatic nitrogens is 2. The van der Waals surface area contributed by atoms with Crippen molar-refractivity contribution in [2.45, 2.75) is 27.3 Å².